The van der Waals surface area contributed by atoms with E-state index in [0.29, 0.717) is 0 Å². The maximum atomic E-state index is 10.8. The van der Waals surface area contributed by atoms with E-state index in [-0.39, 0.29) is 0 Å². The maximum absolute atomic E-state index is 10.8. The van der Waals surface area contributed by atoms with Crippen molar-refractivity contribution in [2.45, 2.75) is 11.8 Å². The van der Waals surface area contributed by atoms with E-state index >= 15 is 0 Å². The maximum Gasteiger partial charge on any atom is 0.306 e. The Labute approximate surface area is 77.6 Å². The molecule has 0 aliphatic heterocycles. The first-order valence-corrected chi connectivity index (χ1v) is 4.69. The number of hydrogen-bond donors (Lipinski definition) is 0. The highest BCUT2D eigenvalue weighted by Crippen LogP contribution is 2.29. The molecule has 3 unspecified atom stereocenters. The third-order valence-electron chi connectivity index (χ3n) is 2.05. The van der Waals surface area contributed by atoms with Crippen LogP contribution in [0.15, 0.2) is 24.3 Å². The van der Waals surface area contributed by atoms with Gasteiger partial charge in [0.2, 0.25) is 0 Å². The Kier molecular flexibility index (Phi) is 2.63. The summed E-state index contributed by atoms with van der Waals surface area (Å²) in [4.78, 5) is 7.89. The minimum Gasteiger partial charge on any atom is -0.767 e. The summed E-state index contributed by atoms with van der Waals surface area (Å²) in [5.74, 6) is -0.647. The van der Waals surface area contributed by atoms with Crippen molar-refractivity contribution in [1.29, 1.82) is 0 Å². The second-order valence-corrected chi connectivity index (χ2v) is 3.90. The van der Waals surface area contributed by atoms with E-state index in [9.17, 15) is 18.9 Å². The van der Waals surface area contributed by atoms with Crippen molar-refractivity contribution in [2.24, 2.45) is 5.92 Å². The molecule has 13 heavy (non-hydrogen) atoms. The lowest BCUT2D eigenvalue weighted by molar-refractivity contribution is -0.533. The van der Waals surface area contributed by atoms with Crippen molar-refractivity contribution >= 4 is 11.1 Å². The highest BCUT2D eigenvalue weighted by atomic mass is 32.2. The molecule has 1 rings (SSSR count). The van der Waals surface area contributed by atoms with Gasteiger partial charge in [-0.05, 0) is 0 Å². The molecule has 0 heterocycles. The Balaban J connectivity index is 3.19. The number of nitrogens with zero attached hydrogens (tertiary/aromatic N) is 1. The molecule has 0 bridgehead atoms. The van der Waals surface area contributed by atoms with E-state index in [1.807, 2.05) is 0 Å². The fourth-order valence-electron chi connectivity index (χ4n) is 1.21. The van der Waals surface area contributed by atoms with Crippen LogP contribution >= 0.6 is 0 Å². The summed E-state index contributed by atoms with van der Waals surface area (Å²) in [7, 11) is 0. The molecule has 0 radical (unpaired) electrons. The van der Waals surface area contributed by atoms with Gasteiger partial charge in [-0.2, -0.15) is 0 Å². The van der Waals surface area contributed by atoms with E-state index in [4.69, 9.17) is 0 Å². The van der Waals surface area contributed by atoms with E-state index in [1.165, 1.54) is 19.1 Å². The number of allylic oxidation sites excluding steroid dienone is 2. The largest absolute Gasteiger partial charge is 0.767 e. The first-order chi connectivity index (χ1) is 6.01. The van der Waals surface area contributed by atoms with Gasteiger partial charge in [0.15, 0.2) is 0 Å². The van der Waals surface area contributed by atoms with Crippen LogP contribution in [0.5, 0.6) is 0 Å². The average Bonchev–Trinajstić information content (AvgIpc) is 2.04. The van der Waals surface area contributed by atoms with E-state index in [1.54, 1.807) is 6.08 Å². The highest BCUT2D eigenvalue weighted by molar-refractivity contribution is 7.80. The van der Waals surface area contributed by atoms with Crippen LogP contribution in [0.3, 0.4) is 0 Å². The molecular weight excluding hydrogens is 194 g/mol. The van der Waals surface area contributed by atoms with Crippen molar-refractivity contribution in [3.63, 3.8) is 0 Å². The van der Waals surface area contributed by atoms with Crippen LogP contribution in [0.25, 0.3) is 0 Å². The second-order valence-electron chi connectivity index (χ2n) is 2.78. The molecular formula is C7H8NO4S-. The van der Waals surface area contributed by atoms with Crippen LogP contribution < -0.4 is 0 Å². The van der Waals surface area contributed by atoms with Gasteiger partial charge in [0.1, 0.15) is 0 Å². The van der Waals surface area contributed by atoms with Crippen molar-refractivity contribution < 1.29 is 13.7 Å². The zero-order chi connectivity index (χ0) is 10.1. The van der Waals surface area contributed by atoms with Crippen LogP contribution in [0.2, 0.25) is 0 Å². The highest BCUT2D eigenvalue weighted by Gasteiger charge is 2.47. The molecule has 0 saturated carbocycles. The van der Waals surface area contributed by atoms with Crippen molar-refractivity contribution in [3.05, 3.63) is 34.4 Å². The van der Waals surface area contributed by atoms with Crippen molar-refractivity contribution in [2.75, 3.05) is 0 Å². The molecule has 5 nitrogen and oxygen atoms in total. The first kappa shape index (κ1) is 10.1. The lowest BCUT2D eigenvalue weighted by atomic mass is 9.97. The molecule has 0 spiro atoms. The standard InChI is InChI=1S/C7H9NO4S/c1-6-4-2-3-5-7(6,8(9)10)13(11)12/h2-6H,1H3,(H,11,12)/p-1. The lowest BCUT2D eigenvalue weighted by Crippen LogP contribution is -2.46. The van der Waals surface area contributed by atoms with E-state index < -0.39 is 26.8 Å². The van der Waals surface area contributed by atoms with E-state index in [0.717, 1.165) is 6.08 Å². The molecule has 0 aromatic rings. The summed E-state index contributed by atoms with van der Waals surface area (Å²) in [6.07, 6.45) is 5.57. The summed E-state index contributed by atoms with van der Waals surface area (Å²) in [6.45, 7) is 1.50. The monoisotopic (exact) mass is 202 g/mol. The predicted octanol–water partition coefficient (Wildman–Crippen LogP) is 0.601. The van der Waals surface area contributed by atoms with Crippen LogP contribution in [0.4, 0.5) is 0 Å². The molecule has 1 aliphatic carbocycles. The summed E-state index contributed by atoms with van der Waals surface area (Å²) in [5.41, 5.74) is 0. The van der Waals surface area contributed by atoms with Crippen LogP contribution in [0, 0.1) is 16.0 Å². The normalized spacial score (nSPS) is 34.5. The molecule has 0 N–H and O–H groups in total. The van der Waals surface area contributed by atoms with Gasteiger partial charge in [-0.15, -0.1) is 0 Å². The summed E-state index contributed by atoms with van der Waals surface area (Å²) in [6, 6.07) is 0. The Morgan fingerprint density at radius 3 is 2.46 bits per heavy atom. The fraction of sp³-hybridized carbons (Fsp3) is 0.429. The molecule has 0 aromatic carbocycles. The molecule has 1 aliphatic rings. The topological polar surface area (TPSA) is 83.3 Å². The Morgan fingerprint density at radius 1 is 1.54 bits per heavy atom. The van der Waals surface area contributed by atoms with E-state index in [2.05, 4.69) is 0 Å². The SMILES string of the molecule is CC1C=CC=CC1([N+](=O)[O-])S(=O)[O-]. The second kappa shape index (κ2) is 3.39. The smallest absolute Gasteiger partial charge is 0.306 e. The minimum absolute atomic E-state index is 0.647. The van der Waals surface area contributed by atoms with Crippen LogP contribution in [-0.2, 0) is 11.1 Å². The molecule has 0 fully saturated rings. The number of rotatable bonds is 2. The summed E-state index contributed by atoms with van der Waals surface area (Å²) in [5, 5.41) is 10.7. The quantitative estimate of drug-likeness (QED) is 0.373. The molecule has 3 atom stereocenters. The third-order valence-corrected chi connectivity index (χ3v) is 3.24. The predicted molar refractivity (Wildman–Crippen MR) is 46.1 cm³/mol. The van der Waals surface area contributed by atoms with Gasteiger partial charge in [-0.1, -0.05) is 25.2 Å². The zero-order valence-corrected chi connectivity index (χ0v) is 7.69. The first-order valence-electron chi connectivity index (χ1n) is 3.61. The van der Waals surface area contributed by atoms with Gasteiger partial charge in [0.25, 0.3) is 0 Å². The van der Waals surface area contributed by atoms with Gasteiger partial charge in [-0.25, -0.2) is 0 Å². The lowest BCUT2D eigenvalue weighted by Gasteiger charge is -2.29. The zero-order valence-electron chi connectivity index (χ0n) is 6.88. The Hall–Kier alpha value is -1.01. The third kappa shape index (κ3) is 1.42. The number of hydrogen-bond acceptors (Lipinski definition) is 4. The molecule has 0 saturated heterocycles. The average molecular weight is 202 g/mol. The van der Waals surface area contributed by atoms with Gasteiger partial charge < -0.3 is 4.55 Å². The fourth-order valence-corrected chi connectivity index (χ4v) is 1.90. The van der Waals surface area contributed by atoms with Gasteiger partial charge in [-0.3, -0.25) is 14.3 Å². The number of nitro groups is 1. The van der Waals surface area contributed by atoms with Crippen LogP contribution in [0.1, 0.15) is 6.92 Å². The molecule has 72 valence electrons. The van der Waals surface area contributed by atoms with Crippen LogP contribution in [-0.4, -0.2) is 18.6 Å². The van der Waals surface area contributed by atoms with Gasteiger partial charge in [0, 0.05) is 22.1 Å². The van der Waals surface area contributed by atoms with Gasteiger partial charge in [0.05, 0.1) is 5.92 Å². The van der Waals surface area contributed by atoms with Gasteiger partial charge >= 0.3 is 4.87 Å². The van der Waals surface area contributed by atoms with Crippen molar-refractivity contribution in [1.82, 2.24) is 0 Å². The summed E-state index contributed by atoms with van der Waals surface area (Å²) >= 11 is -2.76. The molecule has 6 heteroatoms. The molecule has 0 aromatic heterocycles. The van der Waals surface area contributed by atoms with Crippen molar-refractivity contribution in [3.8, 4) is 0 Å². The Morgan fingerprint density at radius 2 is 2.15 bits per heavy atom. The molecule has 0 amide bonds. The minimum atomic E-state index is -2.76. The Bertz CT molecular complexity index is 296. The summed E-state index contributed by atoms with van der Waals surface area (Å²) < 4.78 is 21.6.